The number of rotatable bonds is 3. The first kappa shape index (κ1) is 13.8. The predicted octanol–water partition coefficient (Wildman–Crippen LogP) is 1.98. The SMILES string of the molecule is CC1=CC=CC2C(=O)N=C(CSC3CCNCC3)N=C12. The van der Waals surface area contributed by atoms with Crippen LogP contribution in [0, 0.1) is 5.92 Å². The second-order valence-electron chi connectivity index (χ2n) is 5.34. The van der Waals surface area contributed by atoms with Gasteiger partial charge in [0.2, 0.25) is 0 Å². The molecule has 20 heavy (non-hydrogen) atoms. The lowest BCUT2D eigenvalue weighted by Gasteiger charge is -2.24. The summed E-state index contributed by atoms with van der Waals surface area (Å²) in [5, 5.41) is 4.02. The summed E-state index contributed by atoms with van der Waals surface area (Å²) >= 11 is 1.88. The standard InChI is InChI=1S/C15H19N3OS/c1-10-3-2-4-12-14(10)17-13(18-15(12)19)9-20-11-5-7-16-8-6-11/h2-4,11-12,16H,5-9H2,1H3. The molecular weight excluding hydrogens is 270 g/mol. The fourth-order valence-electron chi connectivity index (χ4n) is 2.67. The Morgan fingerprint density at radius 3 is 2.95 bits per heavy atom. The fourth-order valence-corrected chi connectivity index (χ4v) is 3.75. The highest BCUT2D eigenvalue weighted by atomic mass is 32.2. The zero-order valence-electron chi connectivity index (χ0n) is 11.6. The summed E-state index contributed by atoms with van der Waals surface area (Å²) in [7, 11) is 0. The number of aliphatic imine (C=N–C) groups is 2. The fraction of sp³-hybridized carbons (Fsp3) is 0.533. The molecule has 3 rings (SSSR count). The Balaban J connectivity index is 1.67. The van der Waals surface area contributed by atoms with E-state index in [2.05, 4.69) is 15.3 Å². The third-order valence-electron chi connectivity index (χ3n) is 3.84. The molecule has 0 aromatic carbocycles. The van der Waals surface area contributed by atoms with Gasteiger partial charge in [0.15, 0.2) is 0 Å². The number of hydrogen-bond donors (Lipinski definition) is 1. The average molecular weight is 289 g/mol. The van der Waals surface area contributed by atoms with Gasteiger partial charge in [-0.1, -0.05) is 18.2 Å². The molecule has 0 radical (unpaired) electrons. The molecule has 0 saturated carbocycles. The molecule has 2 heterocycles. The molecule has 0 aromatic rings. The Labute approximate surface area is 123 Å². The van der Waals surface area contributed by atoms with E-state index in [1.165, 1.54) is 12.8 Å². The van der Waals surface area contributed by atoms with Gasteiger partial charge in [-0.15, -0.1) is 0 Å². The highest BCUT2D eigenvalue weighted by Gasteiger charge is 2.29. The van der Waals surface area contributed by atoms with Crippen molar-refractivity contribution in [2.45, 2.75) is 25.0 Å². The zero-order chi connectivity index (χ0) is 13.9. The normalized spacial score (nSPS) is 26.8. The van der Waals surface area contributed by atoms with E-state index in [1.54, 1.807) is 0 Å². The number of amidine groups is 1. The third-order valence-corrected chi connectivity index (χ3v) is 5.21. The number of thioether (sulfide) groups is 1. The van der Waals surface area contributed by atoms with E-state index >= 15 is 0 Å². The van der Waals surface area contributed by atoms with Crippen LogP contribution < -0.4 is 5.32 Å². The van der Waals surface area contributed by atoms with Crippen LogP contribution in [0.15, 0.2) is 33.8 Å². The van der Waals surface area contributed by atoms with Gasteiger partial charge in [0.1, 0.15) is 11.8 Å². The van der Waals surface area contributed by atoms with Crippen molar-refractivity contribution in [3.05, 3.63) is 23.8 Å². The number of carbonyl (C=O) groups is 1. The van der Waals surface area contributed by atoms with Crippen LogP contribution in [0.1, 0.15) is 19.8 Å². The quantitative estimate of drug-likeness (QED) is 0.864. The predicted molar refractivity (Wildman–Crippen MR) is 84.6 cm³/mol. The minimum absolute atomic E-state index is 0.0698. The molecule has 0 aromatic heterocycles. The van der Waals surface area contributed by atoms with Crippen molar-refractivity contribution >= 4 is 29.2 Å². The van der Waals surface area contributed by atoms with Gasteiger partial charge in [-0.3, -0.25) is 4.79 Å². The molecule has 5 heteroatoms. The van der Waals surface area contributed by atoms with Crippen molar-refractivity contribution in [3.8, 4) is 0 Å². The summed E-state index contributed by atoms with van der Waals surface area (Å²) in [5.41, 5.74) is 1.96. The Morgan fingerprint density at radius 2 is 2.15 bits per heavy atom. The number of nitrogens with one attached hydrogen (secondary N) is 1. The minimum atomic E-state index is -0.257. The molecule has 3 aliphatic rings. The van der Waals surface area contributed by atoms with Crippen LogP contribution in [-0.4, -0.2) is 41.5 Å². The van der Waals surface area contributed by atoms with Crippen molar-refractivity contribution < 1.29 is 4.79 Å². The number of fused-ring (bicyclic) bond motifs is 1. The number of carbonyl (C=O) groups excluding carboxylic acids is 1. The van der Waals surface area contributed by atoms with Gasteiger partial charge in [0, 0.05) is 5.25 Å². The second-order valence-corrected chi connectivity index (χ2v) is 6.62. The molecular formula is C15H19N3OS. The van der Waals surface area contributed by atoms with Gasteiger partial charge < -0.3 is 5.32 Å². The molecule has 1 unspecified atom stereocenters. The van der Waals surface area contributed by atoms with E-state index in [4.69, 9.17) is 0 Å². The van der Waals surface area contributed by atoms with Crippen molar-refractivity contribution in [2.75, 3.05) is 18.8 Å². The van der Waals surface area contributed by atoms with Gasteiger partial charge >= 0.3 is 0 Å². The molecule has 0 spiro atoms. The Kier molecular flexibility index (Phi) is 4.17. The molecule has 4 nitrogen and oxygen atoms in total. The topological polar surface area (TPSA) is 53.8 Å². The third kappa shape index (κ3) is 2.94. The van der Waals surface area contributed by atoms with Crippen molar-refractivity contribution in [1.82, 2.24) is 5.32 Å². The summed E-state index contributed by atoms with van der Waals surface area (Å²) < 4.78 is 0. The van der Waals surface area contributed by atoms with E-state index in [1.807, 2.05) is 36.9 Å². The second kappa shape index (κ2) is 6.06. The van der Waals surface area contributed by atoms with Crippen LogP contribution in [0.2, 0.25) is 0 Å². The largest absolute Gasteiger partial charge is 0.317 e. The van der Waals surface area contributed by atoms with Crippen LogP contribution in [0.5, 0.6) is 0 Å². The van der Waals surface area contributed by atoms with Crippen molar-refractivity contribution in [1.29, 1.82) is 0 Å². The summed E-state index contributed by atoms with van der Waals surface area (Å²) in [6, 6.07) is 0. The van der Waals surface area contributed by atoms with Gasteiger partial charge in [0.05, 0.1) is 11.5 Å². The van der Waals surface area contributed by atoms with E-state index < -0.39 is 0 Å². The van der Waals surface area contributed by atoms with Gasteiger partial charge in [0.25, 0.3) is 5.91 Å². The maximum Gasteiger partial charge on any atom is 0.260 e. The van der Waals surface area contributed by atoms with Crippen LogP contribution in [0.3, 0.4) is 0 Å². The maximum atomic E-state index is 12.1. The molecule has 0 bridgehead atoms. The number of amides is 1. The monoisotopic (exact) mass is 289 g/mol. The first-order valence-corrected chi connectivity index (χ1v) is 8.16. The number of nitrogens with zero attached hydrogens (tertiary/aromatic N) is 2. The molecule has 1 atom stereocenters. The molecule has 1 aliphatic carbocycles. The van der Waals surface area contributed by atoms with Crippen LogP contribution in [0.25, 0.3) is 0 Å². The number of hydrogen-bond acceptors (Lipinski definition) is 4. The van der Waals surface area contributed by atoms with E-state index in [0.717, 1.165) is 30.1 Å². The summed E-state index contributed by atoms with van der Waals surface area (Å²) in [6.07, 6.45) is 8.18. The number of piperidine rings is 1. The first-order valence-electron chi connectivity index (χ1n) is 7.12. The first-order chi connectivity index (χ1) is 9.74. The lowest BCUT2D eigenvalue weighted by Crippen LogP contribution is -2.31. The molecule has 1 amide bonds. The Hall–Kier alpha value is -1.20. The molecule has 1 saturated heterocycles. The average Bonchev–Trinajstić information content (AvgIpc) is 2.47. The summed E-state index contributed by atoms with van der Waals surface area (Å²) in [6.45, 7) is 4.18. The van der Waals surface area contributed by atoms with Gasteiger partial charge in [-0.2, -0.15) is 16.8 Å². The Morgan fingerprint density at radius 1 is 1.35 bits per heavy atom. The van der Waals surface area contributed by atoms with Gasteiger partial charge in [-0.25, -0.2) is 4.99 Å². The van der Waals surface area contributed by atoms with E-state index in [9.17, 15) is 4.79 Å². The lowest BCUT2D eigenvalue weighted by atomic mass is 9.91. The minimum Gasteiger partial charge on any atom is -0.317 e. The molecule has 1 fully saturated rings. The van der Waals surface area contributed by atoms with E-state index in [-0.39, 0.29) is 11.8 Å². The Bertz CT molecular complexity index is 527. The zero-order valence-corrected chi connectivity index (χ0v) is 12.4. The highest BCUT2D eigenvalue weighted by Crippen LogP contribution is 2.24. The van der Waals surface area contributed by atoms with Crippen molar-refractivity contribution in [2.24, 2.45) is 15.9 Å². The summed E-state index contributed by atoms with van der Waals surface area (Å²) in [5.74, 6) is 1.10. The van der Waals surface area contributed by atoms with Gasteiger partial charge in [-0.05, 0) is 38.4 Å². The smallest absolute Gasteiger partial charge is 0.260 e. The maximum absolute atomic E-state index is 12.1. The van der Waals surface area contributed by atoms with Crippen molar-refractivity contribution in [3.63, 3.8) is 0 Å². The summed E-state index contributed by atoms with van der Waals surface area (Å²) in [4.78, 5) is 20.8. The lowest BCUT2D eigenvalue weighted by molar-refractivity contribution is -0.118. The molecule has 2 aliphatic heterocycles. The van der Waals surface area contributed by atoms with Crippen LogP contribution in [-0.2, 0) is 4.79 Å². The van der Waals surface area contributed by atoms with Crippen LogP contribution in [0.4, 0.5) is 0 Å². The molecule has 106 valence electrons. The van der Waals surface area contributed by atoms with Crippen LogP contribution >= 0.6 is 11.8 Å². The number of allylic oxidation sites excluding steroid dienone is 3. The molecule has 1 N–H and O–H groups in total. The highest BCUT2D eigenvalue weighted by molar-refractivity contribution is 8.00. The van der Waals surface area contributed by atoms with E-state index in [0.29, 0.717) is 11.1 Å².